The van der Waals surface area contributed by atoms with Gasteiger partial charge in [0.25, 0.3) is 0 Å². The Labute approximate surface area is 301 Å². The van der Waals surface area contributed by atoms with Gasteiger partial charge < -0.3 is 30.1 Å². The molecule has 4 atom stereocenters. The highest BCUT2D eigenvalue weighted by Crippen LogP contribution is 2.30. The van der Waals surface area contributed by atoms with Gasteiger partial charge in [-0.2, -0.15) is 0 Å². The third kappa shape index (κ3) is 12.2. The number of hydrogen-bond donors (Lipinski definition) is 3. The fraction of sp³-hybridized carbons (Fsp3) is 0.415. The van der Waals surface area contributed by atoms with Crippen LogP contribution in [-0.2, 0) is 36.7 Å². The molecule has 0 bridgehead atoms. The Morgan fingerprint density at radius 3 is 1.90 bits per heavy atom. The summed E-state index contributed by atoms with van der Waals surface area (Å²) in [6, 6.07) is 18.1. The van der Waals surface area contributed by atoms with Crippen LogP contribution in [0.2, 0.25) is 0 Å². The van der Waals surface area contributed by atoms with Crippen molar-refractivity contribution in [2.75, 3.05) is 0 Å². The number of terminal acetylenes is 1. The number of aromatic hydroxyl groups is 1. The van der Waals surface area contributed by atoms with Crippen LogP contribution >= 0.6 is 0 Å². The Kier molecular flexibility index (Phi) is 13.8. The zero-order chi connectivity index (χ0) is 37.9. The smallest absolute Gasteiger partial charge is 0.408 e. The summed E-state index contributed by atoms with van der Waals surface area (Å²) in [4.78, 5) is 57.9. The molecule has 0 heterocycles. The maximum Gasteiger partial charge on any atom is 0.408 e. The van der Waals surface area contributed by atoms with E-state index in [0.29, 0.717) is 23.1 Å². The first-order valence-electron chi connectivity index (χ1n) is 17.1. The number of phenols is 1. The number of amides is 3. The van der Waals surface area contributed by atoms with Gasteiger partial charge in [-0.3, -0.25) is 9.59 Å². The number of nitrogens with one attached hydrogen (secondary N) is 2. The number of esters is 1. The van der Waals surface area contributed by atoms with Gasteiger partial charge in [0.2, 0.25) is 11.8 Å². The van der Waals surface area contributed by atoms with Crippen LogP contribution < -0.4 is 10.6 Å². The van der Waals surface area contributed by atoms with Crippen LogP contribution in [0.25, 0.3) is 0 Å². The highest BCUT2D eigenvalue weighted by molar-refractivity contribution is 5.94. The molecule has 0 aliphatic carbocycles. The van der Waals surface area contributed by atoms with Crippen LogP contribution in [-0.4, -0.2) is 63.2 Å². The fourth-order valence-electron chi connectivity index (χ4n) is 5.44. The lowest BCUT2D eigenvalue weighted by molar-refractivity contribution is -0.159. The number of hydrogen-bond acceptors (Lipinski definition) is 7. The number of rotatable bonds is 13. The first-order valence-corrected chi connectivity index (χ1v) is 17.1. The summed E-state index contributed by atoms with van der Waals surface area (Å²) in [5, 5.41) is 15.5. The third-order valence-electron chi connectivity index (χ3n) is 7.91. The maximum absolute atomic E-state index is 14.9. The Morgan fingerprint density at radius 1 is 0.784 bits per heavy atom. The molecule has 0 aromatic heterocycles. The van der Waals surface area contributed by atoms with E-state index in [1.54, 1.807) is 84.9 Å². The van der Waals surface area contributed by atoms with Crippen molar-refractivity contribution in [1.82, 2.24) is 15.5 Å². The fourth-order valence-corrected chi connectivity index (χ4v) is 5.44. The summed E-state index contributed by atoms with van der Waals surface area (Å²) < 4.78 is 11.3. The minimum atomic E-state index is -1.32. The van der Waals surface area contributed by atoms with Crippen LogP contribution in [0.5, 0.6) is 5.75 Å². The molecule has 3 aromatic rings. The lowest BCUT2D eigenvalue weighted by atomic mass is 9.94. The lowest BCUT2D eigenvalue weighted by Crippen LogP contribution is -2.57. The zero-order valence-electron chi connectivity index (χ0n) is 30.9. The number of nitrogens with zero attached hydrogens (tertiary/aromatic N) is 1. The Morgan fingerprint density at radius 2 is 1.33 bits per heavy atom. The van der Waals surface area contributed by atoms with E-state index in [9.17, 15) is 24.3 Å². The van der Waals surface area contributed by atoms with Gasteiger partial charge in [-0.25, -0.2) is 9.59 Å². The van der Waals surface area contributed by atoms with E-state index in [1.807, 2.05) is 37.3 Å². The third-order valence-corrected chi connectivity index (χ3v) is 7.91. The molecular weight excluding hydrogens is 646 g/mol. The normalized spacial score (nSPS) is 13.8. The molecule has 10 heteroatoms. The molecule has 51 heavy (non-hydrogen) atoms. The van der Waals surface area contributed by atoms with E-state index in [0.717, 1.165) is 5.56 Å². The van der Waals surface area contributed by atoms with E-state index in [1.165, 1.54) is 17.0 Å². The maximum atomic E-state index is 14.9. The molecule has 0 saturated carbocycles. The van der Waals surface area contributed by atoms with E-state index in [-0.39, 0.29) is 18.6 Å². The molecule has 0 aliphatic rings. The van der Waals surface area contributed by atoms with E-state index in [2.05, 4.69) is 16.6 Å². The Hall–Kier alpha value is -5.30. The summed E-state index contributed by atoms with van der Waals surface area (Å²) in [7, 11) is 0. The van der Waals surface area contributed by atoms with Crippen molar-refractivity contribution in [2.45, 2.75) is 110 Å². The van der Waals surface area contributed by atoms with Crippen LogP contribution in [0.15, 0.2) is 78.9 Å². The molecular formula is C41H51N3O7. The first kappa shape index (κ1) is 40.1. The van der Waals surface area contributed by atoms with E-state index >= 15 is 0 Å². The molecule has 3 rings (SSSR count). The minimum Gasteiger partial charge on any atom is -0.508 e. The summed E-state index contributed by atoms with van der Waals surface area (Å²) in [6.07, 6.45) is 5.71. The summed E-state index contributed by atoms with van der Waals surface area (Å²) in [6.45, 7) is 14.0. The van der Waals surface area contributed by atoms with Crippen LogP contribution in [0, 0.1) is 12.3 Å². The van der Waals surface area contributed by atoms with Crippen molar-refractivity contribution >= 4 is 23.9 Å². The van der Waals surface area contributed by atoms with Crippen molar-refractivity contribution in [2.24, 2.45) is 0 Å². The van der Waals surface area contributed by atoms with Gasteiger partial charge in [-0.1, -0.05) is 73.5 Å². The number of alkyl carbamates (subject to hydrolysis) is 1. The molecule has 272 valence electrons. The van der Waals surface area contributed by atoms with Crippen molar-refractivity contribution in [3.63, 3.8) is 0 Å². The Bertz CT molecular complexity index is 1690. The standard InChI is InChI=1S/C41H51N3O7/c1-10-27(3)44(37(47)33(43-39(49)51-41(7,8)9)25-29-21-23-31(45)24-22-29)35(32-20-16-15-19-30(32)11-2)36(46)42-34(38(48)50-40(4,5)6)26-28-17-13-12-14-18-28/h2,12-24,27,33-35,45H,10,25-26H2,1,3-9H3,(H,42,46)(H,43,49). The van der Waals surface area contributed by atoms with Gasteiger partial charge in [0, 0.05) is 24.4 Å². The summed E-state index contributed by atoms with van der Waals surface area (Å²) >= 11 is 0. The van der Waals surface area contributed by atoms with Crippen LogP contribution in [0.3, 0.4) is 0 Å². The summed E-state index contributed by atoms with van der Waals surface area (Å²) in [5.74, 6) is 0.812. The number of carbonyl (C=O) groups excluding carboxylic acids is 4. The molecule has 0 fully saturated rings. The largest absolute Gasteiger partial charge is 0.508 e. The lowest BCUT2D eigenvalue weighted by Gasteiger charge is -2.39. The topological polar surface area (TPSA) is 134 Å². The second kappa shape index (κ2) is 17.6. The average molecular weight is 698 g/mol. The molecule has 3 N–H and O–H groups in total. The molecule has 0 saturated heterocycles. The molecule has 3 amide bonds. The van der Waals surface area contributed by atoms with Crippen LogP contribution in [0.4, 0.5) is 4.79 Å². The van der Waals surface area contributed by atoms with Crippen molar-refractivity contribution < 1.29 is 33.8 Å². The molecule has 3 aromatic carbocycles. The van der Waals surface area contributed by atoms with Crippen molar-refractivity contribution in [1.29, 1.82) is 0 Å². The van der Waals surface area contributed by atoms with Gasteiger partial charge in [0.05, 0.1) is 0 Å². The average Bonchev–Trinajstić information content (AvgIpc) is 3.05. The van der Waals surface area contributed by atoms with Gasteiger partial charge in [0.15, 0.2) is 0 Å². The molecule has 0 aliphatic heterocycles. The van der Waals surface area contributed by atoms with Crippen LogP contribution in [0.1, 0.15) is 90.1 Å². The Balaban J connectivity index is 2.17. The number of ether oxygens (including phenoxy) is 2. The highest BCUT2D eigenvalue weighted by Gasteiger charge is 2.41. The SMILES string of the molecule is C#Cc1ccccc1C(C(=O)NC(Cc1ccccc1)C(=O)OC(C)(C)C)N(C(=O)C(Cc1ccc(O)cc1)NC(=O)OC(C)(C)C)C(C)CC. The molecule has 10 nitrogen and oxygen atoms in total. The second-order valence-electron chi connectivity index (χ2n) is 14.5. The predicted octanol–water partition coefficient (Wildman–Crippen LogP) is 6.25. The van der Waals surface area contributed by atoms with Gasteiger partial charge >= 0.3 is 12.1 Å². The van der Waals surface area contributed by atoms with Crippen molar-refractivity contribution in [3.05, 3.63) is 101 Å². The first-order chi connectivity index (χ1) is 23.9. The zero-order valence-corrected chi connectivity index (χ0v) is 30.9. The monoisotopic (exact) mass is 697 g/mol. The number of carbonyl (C=O) groups is 4. The van der Waals surface area contributed by atoms with Gasteiger partial charge in [-0.15, -0.1) is 6.42 Å². The highest BCUT2D eigenvalue weighted by atomic mass is 16.6. The summed E-state index contributed by atoms with van der Waals surface area (Å²) in [5.41, 5.74) is 0.500. The quantitative estimate of drug-likeness (QED) is 0.142. The van der Waals surface area contributed by atoms with E-state index in [4.69, 9.17) is 15.9 Å². The molecule has 0 spiro atoms. The van der Waals surface area contributed by atoms with Crippen molar-refractivity contribution in [3.8, 4) is 18.1 Å². The number of benzene rings is 3. The second-order valence-corrected chi connectivity index (χ2v) is 14.5. The predicted molar refractivity (Wildman–Crippen MR) is 197 cm³/mol. The molecule has 4 unspecified atom stereocenters. The van der Waals surface area contributed by atoms with Gasteiger partial charge in [0.1, 0.15) is 35.1 Å². The van der Waals surface area contributed by atoms with E-state index < -0.39 is 59.2 Å². The minimum absolute atomic E-state index is 0.0188. The molecule has 0 radical (unpaired) electrons. The van der Waals surface area contributed by atoms with Gasteiger partial charge in [-0.05, 0) is 89.8 Å². The number of phenolic OH excluding ortho intramolecular Hbond substituents is 1.